The number of piperidine rings is 1. The van der Waals surface area contributed by atoms with Crippen LogP contribution in [0.4, 0.5) is 47.3 Å². The first kappa shape index (κ1) is 72.6. The molecular weight excluding hydrogens is 1470 g/mol. The van der Waals surface area contributed by atoms with Gasteiger partial charge in [0.05, 0.1) is 25.2 Å². The van der Waals surface area contributed by atoms with Crippen LogP contribution in [-0.4, -0.2) is 170 Å². The molecule has 0 unspecified atom stereocenters. The number of carbonyl (C=O) groups is 3. The van der Waals surface area contributed by atoms with Crippen molar-refractivity contribution in [2.75, 3.05) is 106 Å². The average molecular weight is 1550 g/mol. The van der Waals surface area contributed by atoms with Crippen LogP contribution in [0.1, 0.15) is 49.0 Å². The first-order valence-corrected chi connectivity index (χ1v) is 40.7. The molecule has 5 aromatic heterocycles. The van der Waals surface area contributed by atoms with Crippen LogP contribution < -0.4 is 39.1 Å². The first-order chi connectivity index (χ1) is 50.1. The lowest BCUT2D eigenvalue weighted by atomic mass is 9.99. The van der Waals surface area contributed by atoms with Gasteiger partial charge in [-0.2, -0.15) is 8.75 Å². The Kier molecular flexibility index (Phi) is 22.1. The fourth-order valence-electron chi connectivity index (χ4n) is 13.2. The van der Waals surface area contributed by atoms with E-state index < -0.39 is 30.1 Å². The Labute approximate surface area is 622 Å². The van der Waals surface area contributed by atoms with Gasteiger partial charge in [-0.25, -0.2) is 49.4 Å². The number of piperazine rings is 2. The van der Waals surface area contributed by atoms with Crippen LogP contribution >= 0.6 is 46.0 Å². The normalized spacial score (nSPS) is 15.8. The standard InChI is InChI=1S/C25H28FN5O3S2.C23H24N6O3S2.C22H21ClN6O3S2.3H2/c1-18(31-11-2-3-19-17-20(26)4-9-23(19)31)24(32)30-14-12-29(13-15-30)21-5-7-22(8-6-21)36(33,34)28-25-27-10-16-35-25;1-17(29-11-10-18-4-2-3-5-21(18)29)22(30)28-14-12-27(13-15-28)19-6-8-20(9-7-19)34(31,32)26-23-24-16-25-33-23;23-19-3-1-2-15-8-13-29(20(15)19)22(30)26-16-9-11-28(12-10-16)17-4-6-18(7-5-17)34(31,32)27-21-24-14-25-33-21;;;/h4-10,16-18H,2-3,11-15H2,1H3,(H,27,28);2-11,16-17H,12-15H2,1H3,(H,24,25,26);1-8,13-14,16H,9-12H2,(H,26,30)(H,24,25,27);3*1H/t18-;17-;;;;/m10..../s1. The summed E-state index contributed by atoms with van der Waals surface area (Å²) in [6, 6.07) is 41.8. The smallest absolute Gasteiger partial charge is 0.326 e. The highest BCUT2D eigenvalue weighted by Crippen LogP contribution is 2.33. The van der Waals surface area contributed by atoms with E-state index in [1.807, 2.05) is 82.9 Å². The Balaban J connectivity index is 0.000000169. The van der Waals surface area contributed by atoms with Crippen molar-refractivity contribution in [2.45, 2.75) is 72.3 Å². The number of aromatic nitrogens is 7. The number of para-hydroxylation sites is 2. The fourth-order valence-corrected chi connectivity index (χ4v) is 18.6. The number of halogens is 2. The van der Waals surface area contributed by atoms with Crippen molar-refractivity contribution in [3.8, 4) is 0 Å². The Hall–Kier alpha value is -9.77. The number of fused-ring (bicyclic) bond motifs is 3. The summed E-state index contributed by atoms with van der Waals surface area (Å²) in [6.45, 7) is 11.2. The van der Waals surface area contributed by atoms with Crippen LogP contribution in [0.25, 0.3) is 21.8 Å². The number of amides is 3. The molecule has 0 bridgehead atoms. The molecular formula is C70H79ClFN17O9S6. The van der Waals surface area contributed by atoms with Crippen LogP contribution in [0.2, 0.25) is 5.02 Å². The number of hydrogen-bond acceptors (Lipinski definition) is 21. The largest absolute Gasteiger partial charge is 0.371 e. The van der Waals surface area contributed by atoms with Crippen molar-refractivity contribution in [3.63, 3.8) is 0 Å². The van der Waals surface area contributed by atoms with Gasteiger partial charge in [0.2, 0.25) is 22.1 Å². The van der Waals surface area contributed by atoms with Gasteiger partial charge >= 0.3 is 6.03 Å². The zero-order valence-electron chi connectivity index (χ0n) is 56.4. The molecule has 4 aliphatic heterocycles. The summed E-state index contributed by atoms with van der Waals surface area (Å²) in [4.78, 5) is 63.9. The number of benzene rings is 6. The van der Waals surface area contributed by atoms with Crippen molar-refractivity contribution >= 4 is 154 Å². The molecule has 0 spiro atoms. The van der Waals surface area contributed by atoms with Crippen LogP contribution in [0.15, 0.2) is 197 Å². The molecule has 3 fully saturated rings. The highest BCUT2D eigenvalue weighted by molar-refractivity contribution is 7.93. The fraction of sp³-hybridized carbons (Fsp3) is 0.286. The number of nitrogens with zero attached hydrogens (tertiary/aromatic N) is 13. The summed E-state index contributed by atoms with van der Waals surface area (Å²) >= 11 is 9.48. The summed E-state index contributed by atoms with van der Waals surface area (Å²) in [6.07, 6.45) is 11.1. The van der Waals surface area contributed by atoms with E-state index in [2.05, 4.69) is 62.8 Å². The maximum atomic E-state index is 13.7. The lowest BCUT2D eigenvalue weighted by Gasteiger charge is -2.41. The predicted molar refractivity (Wildman–Crippen MR) is 412 cm³/mol. The molecule has 4 N–H and O–H groups in total. The zero-order valence-corrected chi connectivity index (χ0v) is 62.0. The second kappa shape index (κ2) is 31.7. The van der Waals surface area contributed by atoms with Crippen LogP contribution in [-0.2, 0) is 46.1 Å². The van der Waals surface area contributed by atoms with Gasteiger partial charge < -0.3 is 39.3 Å². The Morgan fingerprint density at radius 3 is 1.60 bits per heavy atom. The average Bonchev–Trinajstić information content (AvgIpc) is 1.79. The number of rotatable bonds is 17. The van der Waals surface area contributed by atoms with E-state index in [-0.39, 0.29) is 71.0 Å². The Morgan fingerprint density at radius 1 is 0.558 bits per heavy atom. The Bertz CT molecular complexity index is 5170. The van der Waals surface area contributed by atoms with E-state index >= 15 is 0 Å². The van der Waals surface area contributed by atoms with E-state index in [0.717, 1.165) is 113 Å². The molecule has 104 heavy (non-hydrogen) atoms. The van der Waals surface area contributed by atoms with E-state index in [1.54, 1.807) is 113 Å². The van der Waals surface area contributed by atoms with E-state index in [0.29, 0.717) is 68.0 Å². The van der Waals surface area contributed by atoms with Gasteiger partial charge in [0.1, 0.15) is 30.6 Å². The lowest BCUT2D eigenvalue weighted by molar-refractivity contribution is -0.134. The summed E-state index contributed by atoms with van der Waals surface area (Å²) in [5.74, 6) is -0.0705. The molecule has 2 atom stereocenters. The third-order valence-corrected chi connectivity index (χ3v) is 25.3. The number of anilines is 7. The molecule has 0 radical (unpaired) electrons. The third kappa shape index (κ3) is 16.7. The quantitative estimate of drug-likeness (QED) is 0.0658. The SMILES string of the molecule is C[C@@H](C(=O)N1CCN(c2ccc(S(=O)(=O)Nc3ncns3)cc2)CC1)n1ccc2ccccc21.C[C@H](C(=O)N1CCN(c2ccc(S(=O)(=O)Nc3nccs3)cc2)CC1)N1CCCc2cc(F)ccc21.O=C(NC1CCN(c2ccc(S(=O)(=O)Nc3ncns3)cc2)CC1)n1ccc2cccc(Cl)c21.[HH].[HH].[HH]. The molecule has 6 aromatic carbocycles. The molecule has 11 aromatic rings. The van der Waals surface area contributed by atoms with E-state index in [4.69, 9.17) is 11.6 Å². The van der Waals surface area contributed by atoms with Gasteiger partial charge in [-0.1, -0.05) is 41.9 Å². The van der Waals surface area contributed by atoms with Gasteiger partial charge in [-0.15, -0.1) is 11.3 Å². The monoisotopic (exact) mass is 1550 g/mol. The van der Waals surface area contributed by atoms with Gasteiger partial charge in [0, 0.05) is 163 Å². The van der Waals surface area contributed by atoms with Gasteiger partial charge in [-0.05, 0) is 166 Å². The van der Waals surface area contributed by atoms with E-state index in [9.17, 15) is 44.0 Å². The molecule has 3 saturated heterocycles. The van der Waals surface area contributed by atoms with Crippen molar-refractivity contribution in [1.82, 2.24) is 47.9 Å². The van der Waals surface area contributed by atoms with Crippen LogP contribution in [0, 0.1) is 5.82 Å². The molecule has 4 aliphatic rings. The summed E-state index contributed by atoms with van der Waals surface area (Å²) < 4.78 is 107. The second-order valence-corrected chi connectivity index (χ2v) is 32.9. The van der Waals surface area contributed by atoms with Crippen molar-refractivity contribution in [3.05, 3.63) is 199 Å². The molecule has 34 heteroatoms. The number of sulfonamides is 3. The third-order valence-electron chi connectivity index (χ3n) is 18.7. The van der Waals surface area contributed by atoms with Gasteiger partial charge in [-0.3, -0.25) is 28.3 Å². The number of nitrogens with one attached hydrogen (secondary N) is 4. The summed E-state index contributed by atoms with van der Waals surface area (Å²) in [5, 5.41) is 8.17. The van der Waals surface area contributed by atoms with Crippen molar-refractivity contribution < 1.29 is 48.3 Å². The molecule has 3 amide bonds. The molecule has 0 saturated carbocycles. The molecule has 9 heterocycles. The maximum absolute atomic E-state index is 13.7. The van der Waals surface area contributed by atoms with Crippen molar-refractivity contribution in [1.29, 1.82) is 0 Å². The minimum absolute atomic E-state index is 0. The van der Waals surface area contributed by atoms with Crippen LogP contribution in [0.3, 0.4) is 0 Å². The number of carbonyl (C=O) groups excluding carboxylic acids is 3. The number of hydrogen-bond donors (Lipinski definition) is 4. The second-order valence-electron chi connectivity index (χ2n) is 25.0. The topological polar surface area (TPSA) is 295 Å². The summed E-state index contributed by atoms with van der Waals surface area (Å²) in [5.41, 5.74) is 6.43. The molecule has 26 nitrogen and oxygen atoms in total. The van der Waals surface area contributed by atoms with E-state index in [1.165, 1.54) is 30.1 Å². The molecule has 0 aliphatic carbocycles. The number of thiazole rings is 1. The minimum atomic E-state index is -3.71. The number of aryl methyl sites for hydroxylation is 1. The lowest BCUT2D eigenvalue weighted by Crippen LogP contribution is -2.55. The zero-order chi connectivity index (χ0) is 72.7. The molecule has 548 valence electrons. The van der Waals surface area contributed by atoms with Crippen LogP contribution in [0.5, 0.6) is 0 Å². The highest BCUT2D eigenvalue weighted by atomic mass is 35.5. The van der Waals surface area contributed by atoms with Crippen molar-refractivity contribution in [2.24, 2.45) is 0 Å². The summed E-state index contributed by atoms with van der Waals surface area (Å²) in [7, 11) is -11.1. The minimum Gasteiger partial charge on any atom is -0.371 e. The Morgan fingerprint density at radius 2 is 1.07 bits per heavy atom. The maximum Gasteiger partial charge on any atom is 0.326 e. The predicted octanol–water partition coefficient (Wildman–Crippen LogP) is 11.7. The van der Waals surface area contributed by atoms with Gasteiger partial charge in [0.15, 0.2) is 5.13 Å². The molecule has 15 rings (SSSR count). The van der Waals surface area contributed by atoms with Gasteiger partial charge in [0.25, 0.3) is 30.1 Å². The highest BCUT2D eigenvalue weighted by Gasteiger charge is 2.33. The first-order valence-electron chi connectivity index (χ1n) is 33.5.